The second kappa shape index (κ2) is 5.23. The van der Waals surface area contributed by atoms with Crippen LogP contribution in [0.15, 0.2) is 47.4 Å². The zero-order valence-corrected chi connectivity index (χ0v) is 12.0. The van der Waals surface area contributed by atoms with Gasteiger partial charge in [0.15, 0.2) is 9.84 Å². The molecule has 0 aromatic heterocycles. The molecule has 0 saturated carbocycles. The van der Waals surface area contributed by atoms with E-state index < -0.39 is 9.84 Å². The van der Waals surface area contributed by atoms with Gasteiger partial charge in [-0.3, -0.25) is 0 Å². The second-order valence-electron chi connectivity index (χ2n) is 4.34. The van der Waals surface area contributed by atoms with Gasteiger partial charge in [0.2, 0.25) is 0 Å². The predicted molar refractivity (Wildman–Crippen MR) is 77.9 cm³/mol. The van der Waals surface area contributed by atoms with E-state index in [0.29, 0.717) is 16.3 Å². The largest absolute Gasteiger partial charge is 0.397 e. The summed E-state index contributed by atoms with van der Waals surface area (Å²) in [4.78, 5) is 0.160. The molecule has 2 aromatic carbocycles. The summed E-state index contributed by atoms with van der Waals surface area (Å²) in [6.45, 7) is 1.78. The highest BCUT2D eigenvalue weighted by Crippen LogP contribution is 2.27. The predicted octanol–water partition coefficient (Wildman–Crippen LogP) is 3.20. The Labute approximate surface area is 117 Å². The smallest absolute Gasteiger partial charge is 0.184 e. The van der Waals surface area contributed by atoms with Crippen molar-refractivity contribution in [2.75, 3.05) is 5.73 Å². The van der Waals surface area contributed by atoms with E-state index in [0.717, 1.165) is 5.56 Å². The van der Waals surface area contributed by atoms with Gasteiger partial charge in [-0.25, -0.2) is 8.42 Å². The molecule has 2 N–H and O–H groups in total. The van der Waals surface area contributed by atoms with Gasteiger partial charge in [0, 0.05) is 5.02 Å². The van der Waals surface area contributed by atoms with E-state index in [2.05, 4.69) is 0 Å². The van der Waals surface area contributed by atoms with Crippen LogP contribution in [0.5, 0.6) is 0 Å². The summed E-state index contributed by atoms with van der Waals surface area (Å²) < 4.78 is 24.8. The van der Waals surface area contributed by atoms with Gasteiger partial charge >= 0.3 is 0 Å². The number of anilines is 1. The average Bonchev–Trinajstić information content (AvgIpc) is 2.35. The first-order chi connectivity index (χ1) is 8.92. The lowest BCUT2D eigenvalue weighted by Gasteiger charge is -2.10. The molecule has 19 heavy (non-hydrogen) atoms. The molecule has 0 saturated heterocycles. The number of nitrogens with two attached hydrogens (primary N) is 1. The van der Waals surface area contributed by atoms with E-state index in [9.17, 15) is 8.42 Å². The normalized spacial score (nSPS) is 11.5. The zero-order valence-electron chi connectivity index (χ0n) is 10.4. The summed E-state index contributed by atoms with van der Waals surface area (Å²) in [6, 6.07) is 11.9. The van der Waals surface area contributed by atoms with Crippen LogP contribution in [0.25, 0.3) is 0 Å². The maximum atomic E-state index is 12.4. The van der Waals surface area contributed by atoms with Gasteiger partial charge in [-0.2, -0.15) is 0 Å². The average molecular weight is 296 g/mol. The van der Waals surface area contributed by atoms with Gasteiger partial charge in [0.25, 0.3) is 0 Å². The van der Waals surface area contributed by atoms with Crippen LogP contribution in [0.4, 0.5) is 5.69 Å². The van der Waals surface area contributed by atoms with Crippen molar-refractivity contribution in [3.63, 3.8) is 0 Å². The Hall–Kier alpha value is -1.52. The number of hydrogen-bond acceptors (Lipinski definition) is 3. The van der Waals surface area contributed by atoms with E-state index in [4.69, 9.17) is 17.3 Å². The molecule has 3 nitrogen and oxygen atoms in total. The number of halogens is 1. The lowest BCUT2D eigenvalue weighted by atomic mass is 10.2. The first kappa shape index (κ1) is 13.9. The van der Waals surface area contributed by atoms with Crippen LogP contribution in [0.2, 0.25) is 5.02 Å². The highest BCUT2D eigenvalue weighted by atomic mass is 35.5. The van der Waals surface area contributed by atoms with Crippen LogP contribution >= 0.6 is 11.6 Å². The molecular formula is C14H14ClNO2S. The highest BCUT2D eigenvalue weighted by Gasteiger charge is 2.20. The number of sulfone groups is 1. The van der Waals surface area contributed by atoms with Crippen molar-refractivity contribution in [3.05, 3.63) is 58.6 Å². The minimum Gasteiger partial charge on any atom is -0.397 e. The molecule has 0 amide bonds. The topological polar surface area (TPSA) is 60.2 Å². The lowest BCUT2D eigenvalue weighted by molar-refractivity contribution is 0.595. The number of nitrogen functional groups attached to an aromatic ring is 1. The molecule has 0 unspecified atom stereocenters. The fourth-order valence-electron chi connectivity index (χ4n) is 1.82. The van der Waals surface area contributed by atoms with Crippen LogP contribution in [-0.2, 0) is 15.6 Å². The Balaban J connectivity index is 2.44. The molecule has 0 spiro atoms. The molecule has 2 aromatic rings. The molecule has 100 valence electrons. The van der Waals surface area contributed by atoms with Crippen LogP contribution in [0, 0.1) is 6.92 Å². The van der Waals surface area contributed by atoms with Gasteiger partial charge in [-0.05, 0) is 30.2 Å². The number of benzene rings is 2. The Kier molecular flexibility index (Phi) is 3.83. The van der Waals surface area contributed by atoms with E-state index in [-0.39, 0.29) is 10.6 Å². The van der Waals surface area contributed by atoms with Crippen LogP contribution < -0.4 is 5.73 Å². The molecule has 0 aliphatic carbocycles. The van der Waals surface area contributed by atoms with Crippen molar-refractivity contribution in [2.24, 2.45) is 0 Å². The molecule has 0 aliphatic rings. The Morgan fingerprint density at radius 1 is 1.11 bits per heavy atom. The molecule has 0 radical (unpaired) electrons. The molecule has 0 heterocycles. The summed E-state index contributed by atoms with van der Waals surface area (Å²) in [5.41, 5.74) is 7.47. The highest BCUT2D eigenvalue weighted by molar-refractivity contribution is 7.90. The van der Waals surface area contributed by atoms with E-state index >= 15 is 0 Å². The quantitative estimate of drug-likeness (QED) is 0.885. The Morgan fingerprint density at radius 2 is 1.79 bits per heavy atom. The fourth-order valence-corrected chi connectivity index (χ4v) is 3.70. The molecule has 0 fully saturated rings. The number of hydrogen-bond donors (Lipinski definition) is 1. The Morgan fingerprint density at radius 3 is 2.47 bits per heavy atom. The second-order valence-corrected chi connectivity index (χ2v) is 6.70. The summed E-state index contributed by atoms with van der Waals surface area (Å²) in [6.07, 6.45) is 0. The first-order valence-corrected chi connectivity index (χ1v) is 7.76. The van der Waals surface area contributed by atoms with E-state index in [1.807, 2.05) is 0 Å². The van der Waals surface area contributed by atoms with Gasteiger partial charge in [-0.15, -0.1) is 0 Å². The fraction of sp³-hybridized carbons (Fsp3) is 0.143. The third kappa shape index (κ3) is 2.91. The summed E-state index contributed by atoms with van der Waals surface area (Å²) >= 11 is 5.99. The van der Waals surface area contributed by atoms with Crippen LogP contribution in [-0.4, -0.2) is 8.42 Å². The van der Waals surface area contributed by atoms with Crippen molar-refractivity contribution in [1.82, 2.24) is 0 Å². The zero-order chi connectivity index (χ0) is 14.0. The molecule has 0 atom stereocenters. The van der Waals surface area contributed by atoms with E-state index in [1.165, 1.54) is 6.07 Å². The molecule has 2 rings (SSSR count). The molecule has 0 aliphatic heterocycles. The summed E-state index contributed by atoms with van der Waals surface area (Å²) in [7, 11) is -3.50. The SMILES string of the molecule is Cc1cccc(S(=O)(=O)Cc2ccccc2Cl)c1N. The lowest BCUT2D eigenvalue weighted by Crippen LogP contribution is -2.09. The van der Waals surface area contributed by atoms with Crippen LogP contribution in [0.1, 0.15) is 11.1 Å². The van der Waals surface area contributed by atoms with Crippen molar-refractivity contribution in [2.45, 2.75) is 17.6 Å². The van der Waals surface area contributed by atoms with Gasteiger partial charge in [0.05, 0.1) is 16.3 Å². The molecular weight excluding hydrogens is 282 g/mol. The van der Waals surface area contributed by atoms with Gasteiger partial charge in [-0.1, -0.05) is 41.9 Å². The van der Waals surface area contributed by atoms with Gasteiger partial charge in [0.1, 0.15) is 0 Å². The van der Waals surface area contributed by atoms with Crippen molar-refractivity contribution in [3.8, 4) is 0 Å². The van der Waals surface area contributed by atoms with Crippen LogP contribution in [0.3, 0.4) is 0 Å². The minimum absolute atomic E-state index is 0.152. The third-order valence-corrected chi connectivity index (χ3v) is 5.01. The van der Waals surface area contributed by atoms with Gasteiger partial charge < -0.3 is 5.73 Å². The Bertz CT molecular complexity index is 711. The van der Waals surface area contributed by atoms with Crippen molar-refractivity contribution < 1.29 is 8.42 Å². The molecule has 5 heteroatoms. The monoisotopic (exact) mass is 295 g/mol. The van der Waals surface area contributed by atoms with Crippen molar-refractivity contribution >= 4 is 27.1 Å². The summed E-state index contributed by atoms with van der Waals surface area (Å²) in [5.74, 6) is -0.152. The van der Waals surface area contributed by atoms with Crippen molar-refractivity contribution in [1.29, 1.82) is 0 Å². The summed E-state index contributed by atoms with van der Waals surface area (Å²) in [5, 5.41) is 0.442. The maximum Gasteiger partial charge on any atom is 0.184 e. The number of para-hydroxylation sites is 1. The molecule has 0 bridgehead atoms. The number of aryl methyl sites for hydroxylation is 1. The standard InChI is InChI=1S/C14H14ClNO2S/c1-10-5-4-8-13(14(10)16)19(17,18)9-11-6-2-3-7-12(11)15/h2-8H,9,16H2,1H3. The minimum atomic E-state index is -3.50. The first-order valence-electron chi connectivity index (χ1n) is 5.73. The maximum absolute atomic E-state index is 12.4. The number of rotatable bonds is 3. The third-order valence-electron chi connectivity index (χ3n) is 2.92. The van der Waals surface area contributed by atoms with E-state index in [1.54, 1.807) is 43.3 Å².